The molecule has 0 bridgehead atoms. The van der Waals surface area contributed by atoms with Crippen LogP contribution in [0, 0.1) is 3.57 Å². The minimum atomic E-state index is 0.830. The van der Waals surface area contributed by atoms with Crippen LogP contribution < -0.4 is 0 Å². The largest absolute Gasteiger partial charge is 0.235 e. The van der Waals surface area contributed by atoms with E-state index in [1.807, 2.05) is 10.8 Å². The number of benzene rings is 1. The highest BCUT2D eigenvalue weighted by Crippen LogP contribution is 2.26. The molecule has 0 aliphatic carbocycles. The van der Waals surface area contributed by atoms with Gasteiger partial charge in [-0.2, -0.15) is 21.4 Å². The van der Waals surface area contributed by atoms with Gasteiger partial charge < -0.3 is 0 Å². The lowest BCUT2D eigenvalue weighted by atomic mass is 10.2. The van der Waals surface area contributed by atoms with Gasteiger partial charge in [-0.05, 0) is 41.0 Å². The number of thioether (sulfide) groups is 1. The van der Waals surface area contributed by atoms with Crippen LogP contribution in [0.25, 0.3) is 15.5 Å². The number of hydrogen-bond donors (Lipinski definition) is 0. The van der Waals surface area contributed by atoms with E-state index >= 15 is 0 Å². The molecule has 0 N–H and O–H groups in total. The SMILES string of the molecule is CSCc1nnc2sc(-c3ccc(I)cc3)nn12. The molecule has 0 aliphatic heterocycles. The van der Waals surface area contributed by atoms with Crippen molar-refractivity contribution in [3.63, 3.8) is 0 Å². The molecule has 0 amide bonds. The van der Waals surface area contributed by atoms with E-state index < -0.39 is 0 Å². The molecule has 7 heteroatoms. The van der Waals surface area contributed by atoms with Gasteiger partial charge in [-0.1, -0.05) is 23.5 Å². The van der Waals surface area contributed by atoms with Crippen molar-refractivity contribution in [3.05, 3.63) is 33.7 Å². The Morgan fingerprint density at radius 3 is 2.78 bits per heavy atom. The highest BCUT2D eigenvalue weighted by atomic mass is 127. The predicted molar refractivity (Wildman–Crippen MR) is 84.0 cm³/mol. The molecular weight excluding hydrogens is 379 g/mol. The zero-order chi connectivity index (χ0) is 12.5. The molecule has 0 atom stereocenters. The Morgan fingerprint density at radius 2 is 2.06 bits per heavy atom. The van der Waals surface area contributed by atoms with Crippen molar-refractivity contribution in [2.75, 3.05) is 6.26 Å². The molecule has 0 saturated heterocycles. The molecule has 0 radical (unpaired) electrons. The molecule has 0 fully saturated rings. The van der Waals surface area contributed by atoms with Crippen molar-refractivity contribution < 1.29 is 0 Å². The average Bonchev–Trinajstić information content (AvgIpc) is 2.93. The number of nitrogens with zero attached hydrogens (tertiary/aromatic N) is 4. The third-order valence-corrected chi connectivity index (χ3v) is 4.63. The Hall–Kier alpha value is -0.670. The van der Waals surface area contributed by atoms with Crippen LogP contribution in [0.1, 0.15) is 5.82 Å². The highest BCUT2D eigenvalue weighted by molar-refractivity contribution is 14.1. The Balaban J connectivity index is 2.05. The van der Waals surface area contributed by atoms with Crippen molar-refractivity contribution in [3.8, 4) is 10.6 Å². The summed E-state index contributed by atoms with van der Waals surface area (Å²) in [4.78, 5) is 0.854. The number of halogens is 1. The van der Waals surface area contributed by atoms with Crippen LogP contribution in [0.3, 0.4) is 0 Å². The summed E-state index contributed by atoms with van der Waals surface area (Å²) in [7, 11) is 0. The van der Waals surface area contributed by atoms with E-state index in [2.05, 4.69) is 62.2 Å². The van der Waals surface area contributed by atoms with Gasteiger partial charge in [0, 0.05) is 9.13 Å². The number of hydrogen-bond acceptors (Lipinski definition) is 5. The van der Waals surface area contributed by atoms with Gasteiger partial charge in [0.05, 0.1) is 5.75 Å². The van der Waals surface area contributed by atoms with Crippen molar-refractivity contribution in [2.45, 2.75) is 5.75 Å². The highest BCUT2D eigenvalue weighted by Gasteiger charge is 2.12. The minimum Gasteiger partial charge on any atom is -0.186 e. The van der Waals surface area contributed by atoms with E-state index in [0.29, 0.717) is 0 Å². The molecule has 0 unspecified atom stereocenters. The molecule has 18 heavy (non-hydrogen) atoms. The lowest BCUT2D eigenvalue weighted by Gasteiger charge is -1.95. The lowest BCUT2D eigenvalue weighted by Crippen LogP contribution is -1.93. The first kappa shape index (κ1) is 12.4. The van der Waals surface area contributed by atoms with Gasteiger partial charge in [0.2, 0.25) is 4.96 Å². The van der Waals surface area contributed by atoms with E-state index in [1.54, 1.807) is 23.1 Å². The van der Waals surface area contributed by atoms with E-state index in [1.165, 1.54) is 3.57 Å². The topological polar surface area (TPSA) is 43.1 Å². The molecule has 3 rings (SSSR count). The second kappa shape index (κ2) is 5.14. The summed E-state index contributed by atoms with van der Waals surface area (Å²) in [5, 5.41) is 13.9. The number of rotatable bonds is 3. The van der Waals surface area contributed by atoms with E-state index in [4.69, 9.17) is 0 Å². The first-order chi connectivity index (χ1) is 8.78. The summed E-state index contributed by atoms with van der Waals surface area (Å²) in [6.07, 6.45) is 2.05. The molecule has 2 heterocycles. The van der Waals surface area contributed by atoms with Crippen LogP contribution in [0.5, 0.6) is 0 Å². The van der Waals surface area contributed by atoms with Crippen LogP contribution in [0.15, 0.2) is 24.3 Å². The Morgan fingerprint density at radius 1 is 1.28 bits per heavy atom. The molecule has 0 aliphatic rings. The summed E-state index contributed by atoms with van der Waals surface area (Å²) in [5.74, 6) is 1.74. The molecule has 92 valence electrons. The quantitative estimate of drug-likeness (QED) is 0.646. The molecule has 2 aromatic heterocycles. The van der Waals surface area contributed by atoms with E-state index in [9.17, 15) is 0 Å². The molecule has 4 nitrogen and oxygen atoms in total. The summed E-state index contributed by atoms with van der Waals surface area (Å²) in [5.41, 5.74) is 1.13. The van der Waals surface area contributed by atoms with Gasteiger partial charge in [0.1, 0.15) is 5.01 Å². The fraction of sp³-hybridized carbons (Fsp3) is 0.182. The fourth-order valence-corrected chi connectivity index (χ4v) is 3.25. The van der Waals surface area contributed by atoms with E-state index in [-0.39, 0.29) is 0 Å². The maximum atomic E-state index is 4.59. The summed E-state index contributed by atoms with van der Waals surface area (Å²) in [6.45, 7) is 0. The van der Waals surface area contributed by atoms with Crippen molar-refractivity contribution in [1.29, 1.82) is 0 Å². The van der Waals surface area contributed by atoms with Crippen molar-refractivity contribution >= 4 is 50.7 Å². The van der Waals surface area contributed by atoms with Gasteiger partial charge >= 0.3 is 0 Å². The maximum Gasteiger partial charge on any atom is 0.235 e. The van der Waals surface area contributed by atoms with Crippen LogP contribution in [-0.4, -0.2) is 26.1 Å². The summed E-state index contributed by atoms with van der Waals surface area (Å²) < 4.78 is 3.07. The molecule has 1 aromatic carbocycles. The van der Waals surface area contributed by atoms with Gasteiger partial charge in [0.25, 0.3) is 0 Å². The normalized spacial score (nSPS) is 11.2. The first-order valence-corrected chi connectivity index (χ1v) is 8.53. The second-order valence-corrected chi connectivity index (χ2v) is 6.73. The second-order valence-electron chi connectivity index (χ2n) is 3.66. The number of aromatic nitrogens is 4. The fourth-order valence-electron chi connectivity index (χ4n) is 1.59. The van der Waals surface area contributed by atoms with Gasteiger partial charge in [-0.25, -0.2) is 0 Å². The Bertz CT molecular complexity index is 674. The minimum absolute atomic E-state index is 0.830. The van der Waals surface area contributed by atoms with Crippen molar-refractivity contribution in [2.24, 2.45) is 0 Å². The van der Waals surface area contributed by atoms with Crippen LogP contribution in [-0.2, 0) is 5.75 Å². The maximum absolute atomic E-state index is 4.59. The molecular formula is C11H9IN4S2. The smallest absolute Gasteiger partial charge is 0.186 e. The summed E-state index contributed by atoms with van der Waals surface area (Å²) >= 11 is 5.59. The van der Waals surface area contributed by atoms with Gasteiger partial charge in [-0.15, -0.1) is 10.2 Å². The average molecular weight is 388 g/mol. The third kappa shape index (κ3) is 2.26. The lowest BCUT2D eigenvalue weighted by molar-refractivity contribution is 0.888. The Kier molecular flexibility index (Phi) is 3.53. The third-order valence-electron chi connectivity index (χ3n) is 2.42. The molecule has 0 spiro atoms. The Labute approximate surface area is 126 Å². The monoisotopic (exact) mass is 388 g/mol. The van der Waals surface area contributed by atoms with Crippen molar-refractivity contribution in [1.82, 2.24) is 19.8 Å². The van der Waals surface area contributed by atoms with Gasteiger partial charge in [-0.3, -0.25) is 0 Å². The molecule has 3 aromatic rings. The van der Waals surface area contributed by atoms with Crippen LogP contribution in [0.4, 0.5) is 0 Å². The predicted octanol–water partition coefficient (Wildman–Crippen LogP) is 3.32. The number of fused-ring (bicyclic) bond motifs is 1. The molecule has 0 saturated carbocycles. The standard InChI is InChI=1S/C11H9IN4S2/c1-17-6-9-13-14-11-16(9)15-10(18-11)7-2-4-8(12)5-3-7/h2-5H,6H2,1H3. The van der Waals surface area contributed by atoms with Gasteiger partial charge in [0.15, 0.2) is 5.82 Å². The first-order valence-electron chi connectivity index (χ1n) is 5.24. The van der Waals surface area contributed by atoms with Crippen LogP contribution in [0.2, 0.25) is 0 Å². The van der Waals surface area contributed by atoms with E-state index in [0.717, 1.165) is 27.1 Å². The zero-order valence-corrected chi connectivity index (χ0v) is 13.3. The zero-order valence-electron chi connectivity index (χ0n) is 9.50. The summed E-state index contributed by atoms with van der Waals surface area (Å²) in [6, 6.07) is 8.34. The van der Waals surface area contributed by atoms with Crippen LogP contribution >= 0.6 is 45.7 Å².